The molecular formula is C30H18N4O4S. The molecule has 3 aromatic carbocycles. The Hall–Kier alpha value is -4.99. The van der Waals surface area contributed by atoms with Crippen molar-refractivity contribution in [3.05, 3.63) is 103 Å². The van der Waals surface area contributed by atoms with Gasteiger partial charge in [-0.25, -0.2) is 9.97 Å². The third kappa shape index (κ3) is 4.19. The van der Waals surface area contributed by atoms with Crippen molar-refractivity contribution in [3.63, 3.8) is 0 Å². The summed E-state index contributed by atoms with van der Waals surface area (Å²) >= 11 is 0. The summed E-state index contributed by atoms with van der Waals surface area (Å²) < 4.78 is 36.8. The maximum absolute atomic E-state index is 11.4. The highest BCUT2D eigenvalue weighted by atomic mass is 32.3. The highest BCUT2D eigenvalue weighted by Gasteiger charge is 2.16. The van der Waals surface area contributed by atoms with E-state index in [-0.39, 0.29) is 5.75 Å². The van der Waals surface area contributed by atoms with Crippen LogP contribution in [0, 0.1) is 0 Å². The Morgan fingerprint density at radius 1 is 0.590 bits per heavy atom. The highest BCUT2D eigenvalue weighted by molar-refractivity contribution is 7.81. The summed E-state index contributed by atoms with van der Waals surface area (Å²) in [5.74, 6) is -0.0194. The van der Waals surface area contributed by atoms with Crippen LogP contribution in [0.1, 0.15) is 0 Å². The van der Waals surface area contributed by atoms with Crippen molar-refractivity contribution in [2.75, 3.05) is 0 Å². The van der Waals surface area contributed by atoms with Gasteiger partial charge in [-0.1, -0.05) is 48.5 Å². The second-order valence-electron chi connectivity index (χ2n) is 9.04. The Morgan fingerprint density at radius 3 is 1.90 bits per heavy atom. The van der Waals surface area contributed by atoms with Gasteiger partial charge in [0.05, 0.1) is 27.9 Å². The van der Waals surface area contributed by atoms with Gasteiger partial charge in [-0.15, -0.1) is 0 Å². The molecule has 7 aromatic rings. The zero-order valence-electron chi connectivity index (χ0n) is 20.2. The van der Waals surface area contributed by atoms with Gasteiger partial charge in [-0.2, -0.15) is 8.42 Å². The lowest BCUT2D eigenvalue weighted by Gasteiger charge is -2.11. The van der Waals surface area contributed by atoms with Crippen molar-refractivity contribution in [1.29, 1.82) is 0 Å². The fourth-order valence-electron chi connectivity index (χ4n) is 4.85. The highest BCUT2D eigenvalue weighted by Crippen LogP contribution is 2.34. The summed E-state index contributed by atoms with van der Waals surface area (Å²) in [7, 11) is -4.70. The summed E-state index contributed by atoms with van der Waals surface area (Å²) in [6.07, 6.45) is 3.37. The first-order valence-electron chi connectivity index (χ1n) is 12.0. The van der Waals surface area contributed by atoms with Crippen molar-refractivity contribution < 1.29 is 17.2 Å². The van der Waals surface area contributed by atoms with E-state index in [0.717, 1.165) is 38.6 Å². The van der Waals surface area contributed by atoms with E-state index < -0.39 is 10.4 Å². The van der Waals surface area contributed by atoms with Gasteiger partial charge < -0.3 is 4.18 Å². The van der Waals surface area contributed by atoms with Crippen LogP contribution in [0.5, 0.6) is 5.75 Å². The van der Waals surface area contributed by atoms with E-state index in [4.69, 9.17) is 14.2 Å². The molecule has 8 nitrogen and oxygen atoms in total. The molecule has 4 aromatic heterocycles. The molecule has 0 saturated carbocycles. The molecule has 0 amide bonds. The SMILES string of the molecule is O=S(=O)(O)Oc1cc2ccc(-c3cccc(-c4ccc5ccc6cccnc6c5n4)c3)nc2c2ncccc12. The Morgan fingerprint density at radius 2 is 1.18 bits per heavy atom. The van der Waals surface area contributed by atoms with Crippen LogP contribution in [0.2, 0.25) is 0 Å². The molecule has 9 heteroatoms. The lowest BCUT2D eigenvalue weighted by molar-refractivity contribution is 0.388. The number of pyridine rings is 4. The fraction of sp³-hybridized carbons (Fsp3) is 0. The van der Waals surface area contributed by atoms with Crippen LogP contribution in [-0.4, -0.2) is 32.9 Å². The molecule has 0 aliphatic rings. The lowest BCUT2D eigenvalue weighted by Crippen LogP contribution is -2.07. The van der Waals surface area contributed by atoms with Gasteiger partial charge in [0.1, 0.15) is 5.52 Å². The molecule has 39 heavy (non-hydrogen) atoms. The van der Waals surface area contributed by atoms with Crippen molar-refractivity contribution in [1.82, 2.24) is 19.9 Å². The first kappa shape index (κ1) is 23.2. The number of fused-ring (bicyclic) bond motifs is 6. The molecule has 0 spiro atoms. The Bertz CT molecular complexity index is 2200. The molecule has 0 aliphatic carbocycles. The van der Waals surface area contributed by atoms with E-state index in [1.165, 1.54) is 6.07 Å². The largest absolute Gasteiger partial charge is 0.446 e. The smallest absolute Gasteiger partial charge is 0.361 e. The minimum Gasteiger partial charge on any atom is -0.361 e. The molecule has 0 unspecified atom stereocenters. The molecule has 0 bridgehead atoms. The monoisotopic (exact) mass is 530 g/mol. The molecule has 0 radical (unpaired) electrons. The zero-order chi connectivity index (χ0) is 26.6. The second kappa shape index (κ2) is 8.80. The predicted octanol–water partition coefficient (Wildman–Crippen LogP) is 6.40. The summed E-state index contributed by atoms with van der Waals surface area (Å²) in [5, 5.41) is 3.10. The van der Waals surface area contributed by atoms with E-state index >= 15 is 0 Å². The number of nitrogens with zero attached hydrogens (tertiary/aromatic N) is 4. The van der Waals surface area contributed by atoms with Gasteiger partial charge in [0, 0.05) is 45.1 Å². The molecule has 7 rings (SSSR count). The first-order chi connectivity index (χ1) is 18.9. The van der Waals surface area contributed by atoms with Crippen molar-refractivity contribution in [2.24, 2.45) is 0 Å². The molecule has 1 N–H and O–H groups in total. The van der Waals surface area contributed by atoms with Crippen molar-refractivity contribution in [2.45, 2.75) is 0 Å². The van der Waals surface area contributed by atoms with E-state index in [1.807, 2.05) is 54.6 Å². The minimum absolute atomic E-state index is 0.0194. The average Bonchev–Trinajstić information content (AvgIpc) is 2.96. The third-order valence-electron chi connectivity index (χ3n) is 6.59. The van der Waals surface area contributed by atoms with Crippen LogP contribution >= 0.6 is 0 Å². The minimum atomic E-state index is -4.70. The topological polar surface area (TPSA) is 115 Å². The molecule has 4 heterocycles. The zero-order valence-corrected chi connectivity index (χ0v) is 21.0. The standard InChI is InChI=1S/C30H18N4O4S/c35-39(36,37)38-26-17-22-11-13-25(34-29(22)30-23(26)7-3-15-32-30)21-5-1-4-20(16-21)24-12-10-19-9-8-18-6-2-14-31-27(18)28(19)33-24/h1-17H,(H,35,36,37). The maximum Gasteiger partial charge on any atom is 0.446 e. The van der Waals surface area contributed by atoms with Crippen LogP contribution in [0.25, 0.3) is 66.1 Å². The lowest BCUT2D eigenvalue weighted by atomic mass is 10.0. The van der Waals surface area contributed by atoms with Gasteiger partial charge in [0.25, 0.3) is 0 Å². The van der Waals surface area contributed by atoms with E-state index in [9.17, 15) is 13.0 Å². The first-order valence-corrected chi connectivity index (χ1v) is 13.4. The van der Waals surface area contributed by atoms with Crippen LogP contribution in [0.15, 0.2) is 103 Å². The molecule has 0 atom stereocenters. The summed E-state index contributed by atoms with van der Waals surface area (Å²) in [6.45, 7) is 0. The number of hydrogen-bond acceptors (Lipinski definition) is 7. The van der Waals surface area contributed by atoms with Gasteiger partial charge >= 0.3 is 10.4 Å². The van der Waals surface area contributed by atoms with E-state index in [1.54, 1.807) is 24.5 Å². The fourth-order valence-corrected chi connectivity index (χ4v) is 5.22. The summed E-state index contributed by atoms with van der Waals surface area (Å²) in [5.41, 5.74) is 6.11. The molecule has 0 fully saturated rings. The normalized spacial score (nSPS) is 11.9. The van der Waals surface area contributed by atoms with Crippen molar-refractivity contribution in [3.8, 4) is 28.3 Å². The van der Waals surface area contributed by atoms with Crippen LogP contribution in [0.4, 0.5) is 0 Å². The molecule has 188 valence electrons. The quantitative estimate of drug-likeness (QED) is 0.205. The molecule has 0 saturated heterocycles. The number of hydrogen-bond donors (Lipinski definition) is 1. The van der Waals surface area contributed by atoms with Crippen LogP contribution in [0.3, 0.4) is 0 Å². The predicted molar refractivity (Wildman–Crippen MR) is 151 cm³/mol. The molecule has 0 aliphatic heterocycles. The van der Waals surface area contributed by atoms with Gasteiger partial charge in [-0.05, 0) is 42.5 Å². The Balaban J connectivity index is 1.35. The van der Waals surface area contributed by atoms with E-state index in [2.05, 4.69) is 28.2 Å². The van der Waals surface area contributed by atoms with Gasteiger partial charge in [0.2, 0.25) is 0 Å². The third-order valence-corrected chi connectivity index (χ3v) is 6.98. The Kier molecular flexibility index (Phi) is 5.22. The summed E-state index contributed by atoms with van der Waals surface area (Å²) in [6, 6.07) is 28.6. The number of rotatable bonds is 4. The maximum atomic E-state index is 11.4. The van der Waals surface area contributed by atoms with E-state index in [0.29, 0.717) is 27.5 Å². The van der Waals surface area contributed by atoms with Crippen LogP contribution in [-0.2, 0) is 10.4 Å². The summed E-state index contributed by atoms with van der Waals surface area (Å²) in [4.78, 5) is 18.8. The second-order valence-corrected chi connectivity index (χ2v) is 10.1. The van der Waals surface area contributed by atoms with Gasteiger partial charge in [0.15, 0.2) is 5.75 Å². The van der Waals surface area contributed by atoms with Crippen LogP contribution < -0.4 is 4.18 Å². The van der Waals surface area contributed by atoms with Gasteiger partial charge in [-0.3, -0.25) is 14.5 Å². The van der Waals surface area contributed by atoms with Crippen molar-refractivity contribution >= 4 is 54.0 Å². The number of benzene rings is 3. The molecular weight excluding hydrogens is 512 g/mol. The Labute approximate surface area is 222 Å². The average molecular weight is 531 g/mol. The number of aromatic nitrogens is 4.